The molecule has 3 heterocycles. The molecule has 1 fully saturated rings. The Morgan fingerprint density at radius 3 is 2.47 bits per heavy atom. The summed E-state index contributed by atoms with van der Waals surface area (Å²) in [5.41, 5.74) is 2.09. The molecule has 4 aromatic rings. The zero-order chi connectivity index (χ0) is 26.7. The molecule has 0 amide bonds. The quantitative estimate of drug-likeness (QED) is 0.322. The van der Waals surface area contributed by atoms with Gasteiger partial charge in [0.25, 0.3) is 0 Å². The van der Waals surface area contributed by atoms with E-state index in [2.05, 4.69) is 24.7 Å². The second-order valence-electron chi connectivity index (χ2n) is 9.15. The highest BCUT2D eigenvalue weighted by Crippen LogP contribution is 2.27. The number of piperazine rings is 1. The van der Waals surface area contributed by atoms with Crippen LogP contribution in [0.25, 0.3) is 21.5 Å². The monoisotopic (exact) mass is 548 g/mol. The average Bonchev–Trinajstić information content (AvgIpc) is 3.48. The smallest absolute Gasteiger partial charge is 0.491 e. The van der Waals surface area contributed by atoms with Crippen molar-refractivity contribution in [1.29, 1.82) is 0 Å². The molecule has 1 atom stereocenters. The van der Waals surface area contributed by atoms with E-state index in [1.54, 1.807) is 17.4 Å². The van der Waals surface area contributed by atoms with E-state index in [0.29, 0.717) is 35.9 Å². The van der Waals surface area contributed by atoms with Gasteiger partial charge in [-0.2, -0.15) is 0 Å². The molecule has 5 rings (SSSR count). The zero-order valence-corrected chi connectivity index (χ0v) is 21.5. The summed E-state index contributed by atoms with van der Waals surface area (Å²) in [6.45, 7) is 6.46. The molecule has 1 aliphatic rings. The maximum Gasteiger partial charge on any atom is 0.573 e. The van der Waals surface area contributed by atoms with Crippen molar-refractivity contribution in [1.82, 2.24) is 19.9 Å². The van der Waals surface area contributed by atoms with Gasteiger partial charge in [-0.1, -0.05) is 5.16 Å². The van der Waals surface area contributed by atoms with Gasteiger partial charge >= 0.3 is 6.36 Å². The molecule has 8 nitrogen and oxygen atoms in total. The lowest BCUT2D eigenvalue weighted by atomic mass is 10.1. The number of β-amino-alcohol motifs (C(OH)–C–C–N with tert-alkyl or cyclic N) is 1. The number of nitrogens with zero attached hydrogens (tertiary/aromatic N) is 4. The fourth-order valence-corrected chi connectivity index (χ4v) is 5.16. The second-order valence-corrected chi connectivity index (χ2v) is 10.4. The van der Waals surface area contributed by atoms with Crippen LogP contribution in [0.1, 0.15) is 10.8 Å². The van der Waals surface area contributed by atoms with Crippen LogP contribution in [0.3, 0.4) is 0 Å². The minimum atomic E-state index is -4.73. The highest BCUT2D eigenvalue weighted by molar-refractivity contribution is 7.18. The van der Waals surface area contributed by atoms with E-state index in [-0.39, 0.29) is 12.4 Å². The lowest BCUT2D eigenvalue weighted by molar-refractivity contribution is -0.274. The van der Waals surface area contributed by atoms with Crippen molar-refractivity contribution >= 4 is 21.6 Å². The predicted molar refractivity (Wildman–Crippen MR) is 136 cm³/mol. The second kappa shape index (κ2) is 11.3. The zero-order valence-electron chi connectivity index (χ0n) is 20.6. The number of thiazole rings is 1. The maximum atomic E-state index is 12.3. The number of rotatable bonds is 9. The average molecular weight is 549 g/mol. The van der Waals surface area contributed by atoms with Crippen LogP contribution >= 0.6 is 11.3 Å². The molecular weight excluding hydrogens is 521 g/mol. The topological polar surface area (TPSA) is 84.1 Å². The molecule has 0 spiro atoms. The molecule has 38 heavy (non-hydrogen) atoms. The number of ether oxygens (including phenoxy) is 2. The van der Waals surface area contributed by atoms with Crippen molar-refractivity contribution in [2.75, 3.05) is 39.3 Å². The van der Waals surface area contributed by atoms with Gasteiger partial charge in [0.1, 0.15) is 29.9 Å². The SMILES string of the molecule is Cc1nc2cc(OC[C@@H](O)CN3CCN(Cc4cc(-c5ccc(OC(F)(F)F)cc5)no4)CC3)ccc2s1. The molecule has 1 saturated heterocycles. The molecule has 1 N–H and O–H groups in total. The van der Waals surface area contributed by atoms with Gasteiger partial charge in [-0.15, -0.1) is 24.5 Å². The fraction of sp³-hybridized carbons (Fsp3) is 0.385. The van der Waals surface area contributed by atoms with Gasteiger partial charge in [-0.25, -0.2) is 4.98 Å². The molecule has 2 aromatic heterocycles. The van der Waals surface area contributed by atoms with Crippen LogP contribution in [0.2, 0.25) is 0 Å². The normalized spacial score (nSPS) is 16.1. The Hall–Kier alpha value is -3.19. The van der Waals surface area contributed by atoms with E-state index in [4.69, 9.17) is 9.26 Å². The van der Waals surface area contributed by atoms with E-state index in [1.165, 1.54) is 24.3 Å². The summed E-state index contributed by atoms with van der Waals surface area (Å²) in [5.74, 6) is 1.08. The van der Waals surface area contributed by atoms with Gasteiger partial charge in [0.2, 0.25) is 0 Å². The number of hydrogen-bond donors (Lipinski definition) is 1. The molecule has 2 aromatic carbocycles. The number of aryl methyl sites for hydroxylation is 1. The number of hydrogen-bond acceptors (Lipinski definition) is 9. The molecule has 0 bridgehead atoms. The molecule has 0 radical (unpaired) electrons. The fourth-order valence-electron chi connectivity index (χ4n) is 4.36. The van der Waals surface area contributed by atoms with Gasteiger partial charge < -0.3 is 19.1 Å². The van der Waals surface area contributed by atoms with Crippen molar-refractivity contribution in [2.45, 2.75) is 25.9 Å². The highest BCUT2D eigenvalue weighted by atomic mass is 32.1. The predicted octanol–water partition coefficient (Wildman–Crippen LogP) is 4.72. The third-order valence-corrected chi connectivity index (χ3v) is 7.12. The van der Waals surface area contributed by atoms with Gasteiger partial charge in [-0.05, 0) is 43.3 Å². The summed E-state index contributed by atoms with van der Waals surface area (Å²) < 4.78 is 53.3. The molecule has 1 aliphatic heterocycles. The van der Waals surface area contributed by atoms with Gasteiger partial charge in [0.05, 0.1) is 21.8 Å². The van der Waals surface area contributed by atoms with Crippen molar-refractivity contribution < 1.29 is 32.3 Å². The Bertz CT molecular complexity index is 1350. The van der Waals surface area contributed by atoms with Crippen molar-refractivity contribution in [3.05, 3.63) is 59.3 Å². The van der Waals surface area contributed by atoms with Gasteiger partial charge in [0.15, 0.2) is 5.76 Å². The van der Waals surface area contributed by atoms with Gasteiger partial charge in [-0.3, -0.25) is 9.80 Å². The van der Waals surface area contributed by atoms with E-state index < -0.39 is 12.5 Å². The van der Waals surface area contributed by atoms with E-state index >= 15 is 0 Å². The molecule has 0 saturated carbocycles. The Labute approximate surface area is 221 Å². The number of benzene rings is 2. The number of fused-ring (bicyclic) bond motifs is 1. The molecule has 0 unspecified atom stereocenters. The Morgan fingerprint density at radius 1 is 1.03 bits per heavy atom. The third-order valence-electron chi connectivity index (χ3n) is 6.16. The maximum absolute atomic E-state index is 12.3. The minimum Gasteiger partial charge on any atom is -0.491 e. The largest absolute Gasteiger partial charge is 0.573 e. The molecule has 12 heteroatoms. The number of alkyl halides is 3. The lowest BCUT2D eigenvalue weighted by Gasteiger charge is -2.35. The van der Waals surface area contributed by atoms with Crippen molar-refractivity contribution in [3.63, 3.8) is 0 Å². The van der Waals surface area contributed by atoms with Crippen LogP contribution < -0.4 is 9.47 Å². The van der Waals surface area contributed by atoms with E-state index in [9.17, 15) is 18.3 Å². The standard InChI is InChI=1S/C26H27F3N4O4S/c1-17-30-24-12-21(6-7-25(24)38-17)35-16-19(34)14-32-8-10-33(11-9-32)15-22-13-23(31-37-22)18-2-4-20(5-3-18)36-26(27,28)29/h2-7,12-13,19,34H,8-11,14-16H2,1H3/t19-/m0/s1. The third kappa shape index (κ3) is 7.01. The first-order valence-corrected chi connectivity index (χ1v) is 13.0. The van der Waals surface area contributed by atoms with Crippen LogP contribution in [0.4, 0.5) is 13.2 Å². The number of aromatic nitrogens is 2. The van der Waals surface area contributed by atoms with Crippen LogP contribution in [-0.4, -0.2) is 76.8 Å². The number of aliphatic hydroxyl groups excluding tert-OH is 1. The summed E-state index contributed by atoms with van der Waals surface area (Å²) >= 11 is 1.64. The first-order valence-electron chi connectivity index (χ1n) is 12.1. The molecular formula is C26H27F3N4O4S. The highest BCUT2D eigenvalue weighted by Gasteiger charge is 2.31. The summed E-state index contributed by atoms with van der Waals surface area (Å²) in [7, 11) is 0. The van der Waals surface area contributed by atoms with Crippen LogP contribution in [-0.2, 0) is 6.54 Å². The van der Waals surface area contributed by atoms with E-state index in [0.717, 1.165) is 41.4 Å². The summed E-state index contributed by atoms with van der Waals surface area (Å²) in [6.07, 6.45) is -5.34. The minimum absolute atomic E-state index is 0.207. The van der Waals surface area contributed by atoms with Gasteiger partial charge in [0, 0.05) is 50.4 Å². The first-order chi connectivity index (χ1) is 18.2. The summed E-state index contributed by atoms with van der Waals surface area (Å²) in [6, 6.07) is 13.1. The lowest BCUT2D eigenvalue weighted by Crippen LogP contribution is -2.48. The van der Waals surface area contributed by atoms with Crippen molar-refractivity contribution in [3.8, 4) is 22.8 Å². The summed E-state index contributed by atoms with van der Waals surface area (Å²) in [4.78, 5) is 8.91. The molecule has 202 valence electrons. The van der Waals surface area contributed by atoms with Crippen LogP contribution in [0, 0.1) is 6.92 Å². The number of halogens is 3. The first kappa shape index (κ1) is 26.4. The van der Waals surface area contributed by atoms with Crippen molar-refractivity contribution in [2.24, 2.45) is 0 Å². The Kier molecular flexibility index (Phi) is 7.84. The summed E-state index contributed by atoms with van der Waals surface area (Å²) in [5, 5.41) is 15.5. The van der Waals surface area contributed by atoms with E-state index in [1.807, 2.05) is 25.1 Å². The Balaban J connectivity index is 1.05. The molecule has 0 aliphatic carbocycles. The van der Waals surface area contributed by atoms with Crippen LogP contribution in [0.5, 0.6) is 11.5 Å². The number of aliphatic hydroxyl groups is 1. The Morgan fingerprint density at radius 2 is 1.74 bits per heavy atom. The van der Waals surface area contributed by atoms with Crippen LogP contribution in [0.15, 0.2) is 53.1 Å².